The van der Waals surface area contributed by atoms with Gasteiger partial charge in [0.2, 0.25) is 11.8 Å². The number of hydrogen-bond acceptors (Lipinski definition) is 7. The third-order valence-electron chi connectivity index (χ3n) is 6.38. The number of carbonyl (C=O) groups excluding carboxylic acids is 3. The number of fused-ring (bicyclic) bond motifs is 1. The molecule has 5 rings (SSSR count). The van der Waals surface area contributed by atoms with Gasteiger partial charge in [0.15, 0.2) is 12.1 Å². The van der Waals surface area contributed by atoms with Crippen LogP contribution in [0.3, 0.4) is 0 Å². The molecular formula is C28H25LiN2O5S2. The summed E-state index contributed by atoms with van der Waals surface area (Å²) in [5, 5.41) is 18.4. The van der Waals surface area contributed by atoms with Crippen LogP contribution in [0, 0.1) is 0 Å². The zero-order valence-electron chi connectivity index (χ0n) is 21.0. The molecule has 0 spiro atoms. The summed E-state index contributed by atoms with van der Waals surface area (Å²) in [6.07, 6.45) is -1.74. The van der Waals surface area contributed by atoms with Crippen molar-refractivity contribution in [1.82, 2.24) is 10.2 Å². The Bertz CT molecular complexity index is 1260. The van der Waals surface area contributed by atoms with Crippen molar-refractivity contribution >= 4 is 40.9 Å². The van der Waals surface area contributed by atoms with Gasteiger partial charge in [-0.2, -0.15) is 0 Å². The maximum Gasteiger partial charge on any atom is 1.00 e. The monoisotopic (exact) mass is 540 g/mol. The van der Waals surface area contributed by atoms with Gasteiger partial charge in [0.1, 0.15) is 11.4 Å². The SMILES string of the molecule is CC([O-])C1=CS[C@H]2C(NC(=O)Cc3cccs3)C(=O)N2C1C(=O)OC(c1ccccc1)c1ccccc1.[Li+]. The number of β-lactam (4-membered cyclic amide) rings is 1. The van der Waals surface area contributed by atoms with Crippen LogP contribution in [0.4, 0.5) is 0 Å². The molecular weight excluding hydrogens is 515 g/mol. The first kappa shape index (κ1) is 28.2. The van der Waals surface area contributed by atoms with Crippen molar-refractivity contribution in [3.05, 3.63) is 105 Å². The number of benzene rings is 2. The first-order valence-electron chi connectivity index (χ1n) is 11.9. The fourth-order valence-corrected chi connectivity index (χ4v) is 6.56. The Hall–Kier alpha value is -2.80. The number of esters is 1. The molecule has 10 heteroatoms. The van der Waals surface area contributed by atoms with Gasteiger partial charge in [0, 0.05) is 4.88 Å². The quantitative estimate of drug-likeness (QED) is 0.246. The van der Waals surface area contributed by atoms with Gasteiger partial charge in [0.25, 0.3) is 0 Å². The zero-order chi connectivity index (χ0) is 25.9. The van der Waals surface area contributed by atoms with Crippen LogP contribution >= 0.6 is 23.1 Å². The summed E-state index contributed by atoms with van der Waals surface area (Å²) in [5.74, 6) is -1.34. The van der Waals surface area contributed by atoms with Crippen molar-refractivity contribution in [3.8, 4) is 0 Å². The Balaban J connectivity index is 0.00000336. The summed E-state index contributed by atoms with van der Waals surface area (Å²) in [5.41, 5.74) is 1.83. The molecule has 2 amide bonds. The Labute approximate surface area is 241 Å². The molecule has 0 aliphatic carbocycles. The molecule has 2 aliphatic heterocycles. The van der Waals surface area contributed by atoms with Crippen molar-refractivity contribution < 1.29 is 43.1 Å². The van der Waals surface area contributed by atoms with Gasteiger partial charge in [-0.15, -0.1) is 29.2 Å². The van der Waals surface area contributed by atoms with Crippen LogP contribution in [0.15, 0.2) is 89.2 Å². The fraction of sp³-hybridized carbons (Fsp3) is 0.250. The number of nitrogens with zero attached hydrogens (tertiary/aromatic N) is 1. The first-order chi connectivity index (χ1) is 17.9. The molecule has 3 aromatic rings. The third kappa shape index (κ3) is 5.77. The van der Waals surface area contributed by atoms with Crippen LogP contribution in [0.2, 0.25) is 0 Å². The van der Waals surface area contributed by atoms with E-state index >= 15 is 0 Å². The predicted molar refractivity (Wildman–Crippen MR) is 140 cm³/mol. The minimum Gasteiger partial charge on any atom is -0.849 e. The number of hydrogen-bond donors (Lipinski definition) is 1. The van der Waals surface area contributed by atoms with Crippen molar-refractivity contribution in [2.24, 2.45) is 0 Å². The number of thiophene rings is 1. The van der Waals surface area contributed by atoms with E-state index in [2.05, 4.69) is 5.32 Å². The Morgan fingerprint density at radius 1 is 1.03 bits per heavy atom. The second kappa shape index (κ2) is 12.4. The summed E-state index contributed by atoms with van der Waals surface area (Å²) in [6, 6.07) is 20.5. The van der Waals surface area contributed by atoms with Crippen LogP contribution in [0.5, 0.6) is 0 Å². The van der Waals surface area contributed by atoms with E-state index in [-0.39, 0.29) is 36.8 Å². The van der Waals surface area contributed by atoms with Gasteiger partial charge < -0.3 is 20.1 Å². The standard InChI is InChI=1S/C28H25N2O5S2.Li/c1-17(31)21-16-37-27-23(29-22(32)15-20-13-8-14-36-20)26(33)30(27)24(21)28(34)35-25(18-9-4-2-5-10-18)19-11-6-3-7-12-19;/h2-14,16-17,23-25,27H,15H2,1H3,(H,29,32);/q-1;+1/t17?,23?,24?,27-;/m0./s1. The molecule has 1 aromatic heterocycles. The van der Waals surface area contributed by atoms with Crippen LogP contribution in [0.25, 0.3) is 0 Å². The number of nitrogens with one attached hydrogen (secondary N) is 1. The molecule has 2 aromatic carbocycles. The van der Waals surface area contributed by atoms with Gasteiger partial charge in [-0.3, -0.25) is 9.59 Å². The van der Waals surface area contributed by atoms with Crippen molar-refractivity contribution in [2.75, 3.05) is 0 Å². The Kier molecular flexibility index (Phi) is 9.18. The summed E-state index contributed by atoms with van der Waals surface area (Å²) in [6.45, 7) is 1.45. The second-order valence-electron chi connectivity index (χ2n) is 8.87. The molecule has 1 fully saturated rings. The van der Waals surface area contributed by atoms with E-state index in [1.165, 1.54) is 34.9 Å². The van der Waals surface area contributed by atoms with Crippen LogP contribution < -0.4 is 29.3 Å². The molecule has 190 valence electrons. The maximum absolute atomic E-state index is 13.7. The predicted octanol–water partition coefficient (Wildman–Crippen LogP) is 0.0286. The Morgan fingerprint density at radius 3 is 2.21 bits per heavy atom. The zero-order valence-corrected chi connectivity index (χ0v) is 22.6. The first-order valence-corrected chi connectivity index (χ1v) is 13.7. The molecule has 3 heterocycles. The molecule has 2 aliphatic rings. The fourth-order valence-electron chi connectivity index (χ4n) is 4.54. The number of thioether (sulfide) groups is 1. The van der Waals surface area contributed by atoms with Crippen LogP contribution in [-0.4, -0.2) is 46.2 Å². The molecule has 1 saturated heterocycles. The molecule has 0 bridgehead atoms. The normalized spacial score (nSPS) is 20.9. The second-order valence-corrected chi connectivity index (χ2v) is 10.9. The van der Waals surface area contributed by atoms with Crippen molar-refractivity contribution in [2.45, 2.75) is 43.0 Å². The molecule has 4 atom stereocenters. The van der Waals surface area contributed by atoms with Gasteiger partial charge in [-0.05, 0) is 33.6 Å². The maximum atomic E-state index is 13.7. The van der Waals surface area contributed by atoms with E-state index in [1.54, 1.807) is 5.41 Å². The molecule has 0 radical (unpaired) electrons. The number of carbonyl (C=O) groups is 3. The van der Waals surface area contributed by atoms with E-state index in [0.29, 0.717) is 0 Å². The summed E-state index contributed by atoms with van der Waals surface area (Å²) >= 11 is 2.74. The average molecular weight is 541 g/mol. The molecule has 1 N–H and O–H groups in total. The van der Waals surface area contributed by atoms with Crippen molar-refractivity contribution in [3.63, 3.8) is 0 Å². The number of amides is 2. The third-order valence-corrected chi connectivity index (χ3v) is 8.44. The van der Waals surface area contributed by atoms with Gasteiger partial charge in [-0.25, -0.2) is 4.79 Å². The molecule has 0 saturated carbocycles. The van der Waals surface area contributed by atoms with E-state index < -0.39 is 41.5 Å². The van der Waals surface area contributed by atoms with Crippen LogP contribution in [-0.2, 0) is 25.5 Å². The van der Waals surface area contributed by atoms with Crippen molar-refractivity contribution in [1.29, 1.82) is 0 Å². The van der Waals surface area contributed by atoms with E-state index in [4.69, 9.17) is 4.74 Å². The van der Waals surface area contributed by atoms with Gasteiger partial charge in [0.05, 0.1) is 6.42 Å². The Morgan fingerprint density at radius 2 is 1.66 bits per heavy atom. The average Bonchev–Trinajstić information content (AvgIpc) is 3.43. The van der Waals surface area contributed by atoms with E-state index in [1.807, 2.05) is 78.2 Å². The van der Waals surface area contributed by atoms with Gasteiger partial charge in [-0.1, -0.05) is 73.7 Å². The minimum absolute atomic E-state index is 0. The summed E-state index contributed by atoms with van der Waals surface area (Å²) in [7, 11) is 0. The number of ether oxygens (including phenoxy) is 1. The largest absolute Gasteiger partial charge is 1.00 e. The summed E-state index contributed by atoms with van der Waals surface area (Å²) in [4.78, 5) is 41.7. The topological polar surface area (TPSA) is 98.8 Å². The van der Waals surface area contributed by atoms with Crippen LogP contribution in [0.1, 0.15) is 29.0 Å². The molecule has 3 unspecified atom stereocenters. The van der Waals surface area contributed by atoms with Gasteiger partial charge >= 0.3 is 24.8 Å². The van der Waals surface area contributed by atoms with E-state index in [0.717, 1.165) is 16.0 Å². The summed E-state index contributed by atoms with van der Waals surface area (Å²) < 4.78 is 6.02. The minimum atomic E-state index is -1.21. The van der Waals surface area contributed by atoms with E-state index in [9.17, 15) is 19.5 Å². The molecule has 38 heavy (non-hydrogen) atoms. The smallest absolute Gasteiger partial charge is 0.849 e. The molecule has 7 nitrogen and oxygen atoms in total. The number of rotatable bonds is 8.